The molecule has 3 unspecified atom stereocenters. The Bertz CT molecular complexity index is 1660. The van der Waals surface area contributed by atoms with E-state index in [9.17, 15) is 14.4 Å². The maximum absolute atomic E-state index is 13.9. The van der Waals surface area contributed by atoms with Gasteiger partial charge in [0.25, 0.3) is 5.56 Å². The largest absolute Gasteiger partial charge is 0.360 e. The van der Waals surface area contributed by atoms with Gasteiger partial charge in [-0.3, -0.25) is 19.3 Å². The maximum atomic E-state index is 13.9. The molecule has 10 heteroatoms. The van der Waals surface area contributed by atoms with E-state index in [4.69, 9.17) is 16.1 Å². The number of pyridine rings is 1. The second-order valence-electron chi connectivity index (χ2n) is 11.2. The Morgan fingerprint density at radius 3 is 2.51 bits per heavy atom. The molecule has 0 radical (unpaired) electrons. The molecular formula is C31H34ClN5O4. The van der Waals surface area contributed by atoms with Crippen molar-refractivity contribution in [1.82, 2.24) is 24.8 Å². The molecule has 4 aromatic rings. The lowest BCUT2D eigenvalue weighted by Crippen LogP contribution is -2.53. The van der Waals surface area contributed by atoms with Gasteiger partial charge >= 0.3 is 0 Å². The van der Waals surface area contributed by atoms with E-state index in [2.05, 4.69) is 15.4 Å². The van der Waals surface area contributed by atoms with Crippen molar-refractivity contribution in [3.05, 3.63) is 75.2 Å². The third kappa shape index (κ3) is 5.13. The van der Waals surface area contributed by atoms with Crippen LogP contribution in [0.3, 0.4) is 0 Å². The lowest BCUT2D eigenvalue weighted by molar-refractivity contribution is -0.133. The minimum Gasteiger partial charge on any atom is -0.360 e. The number of hydrogen-bond acceptors (Lipinski definition) is 6. The molecule has 1 N–H and O–H groups in total. The standard InChI is InChI=1S/C31H34ClN5O4/c1-19-26-28(34-41-19)27-24(32)12-7-13-25(27)37(31(26)40)23-11-6-10-22(18-23)33-30(39)29(21-8-4-3-5-9-21)36-16-14-35(15-17-36)20(2)38/h3-5,7-9,12-13,22-23,29H,6,10-11,14-18H2,1-2H3,(H,33,39). The lowest BCUT2D eigenvalue weighted by Gasteiger charge is -2.39. The number of aryl methyl sites for hydroxylation is 1. The van der Waals surface area contributed by atoms with Crippen molar-refractivity contribution in [2.24, 2.45) is 0 Å². The average Bonchev–Trinajstić information content (AvgIpc) is 3.36. The molecule has 1 saturated carbocycles. The Labute approximate surface area is 243 Å². The number of aromatic nitrogens is 2. The molecule has 0 spiro atoms. The number of halogens is 1. The quantitative estimate of drug-likeness (QED) is 0.373. The number of carbonyl (C=O) groups excluding carboxylic acids is 2. The van der Waals surface area contributed by atoms with E-state index in [-0.39, 0.29) is 29.5 Å². The van der Waals surface area contributed by atoms with Gasteiger partial charge in [-0.2, -0.15) is 0 Å². The summed E-state index contributed by atoms with van der Waals surface area (Å²) in [5.41, 5.74) is 2.00. The van der Waals surface area contributed by atoms with E-state index in [0.29, 0.717) is 59.7 Å². The number of hydrogen-bond donors (Lipinski definition) is 1. The normalized spacial score (nSPS) is 20.8. The summed E-state index contributed by atoms with van der Waals surface area (Å²) in [6, 6.07) is 14.7. The number of nitrogens with one attached hydrogen (secondary N) is 1. The average molecular weight is 576 g/mol. The number of fused-ring (bicyclic) bond motifs is 3. The zero-order chi connectivity index (χ0) is 28.7. The van der Waals surface area contributed by atoms with Crippen molar-refractivity contribution in [3.63, 3.8) is 0 Å². The minimum absolute atomic E-state index is 0.0521. The maximum Gasteiger partial charge on any atom is 0.264 e. The van der Waals surface area contributed by atoms with E-state index in [1.807, 2.05) is 51.9 Å². The van der Waals surface area contributed by atoms with Gasteiger partial charge in [0.05, 0.1) is 10.5 Å². The molecule has 2 fully saturated rings. The van der Waals surface area contributed by atoms with Crippen LogP contribution in [0.4, 0.5) is 0 Å². The van der Waals surface area contributed by atoms with Crippen LogP contribution < -0.4 is 10.9 Å². The number of piperazine rings is 1. The highest BCUT2D eigenvalue weighted by molar-refractivity contribution is 6.37. The Kier molecular flexibility index (Phi) is 7.57. The molecule has 0 bridgehead atoms. The zero-order valence-corrected chi connectivity index (χ0v) is 24.1. The molecule has 2 aromatic carbocycles. The van der Waals surface area contributed by atoms with Crippen LogP contribution in [0.2, 0.25) is 5.02 Å². The van der Waals surface area contributed by atoms with E-state index in [1.165, 1.54) is 0 Å². The summed E-state index contributed by atoms with van der Waals surface area (Å²) >= 11 is 6.62. The predicted molar refractivity (Wildman–Crippen MR) is 158 cm³/mol. The van der Waals surface area contributed by atoms with Crippen molar-refractivity contribution in [1.29, 1.82) is 0 Å². The lowest BCUT2D eigenvalue weighted by atomic mass is 9.89. The highest BCUT2D eigenvalue weighted by atomic mass is 35.5. The molecule has 2 amide bonds. The molecule has 2 aliphatic rings. The van der Waals surface area contributed by atoms with Gasteiger partial charge in [-0.1, -0.05) is 53.2 Å². The number of rotatable bonds is 5. The summed E-state index contributed by atoms with van der Waals surface area (Å²) in [7, 11) is 0. The van der Waals surface area contributed by atoms with Gasteiger partial charge in [0.1, 0.15) is 22.7 Å². The fourth-order valence-electron chi connectivity index (χ4n) is 6.60. The van der Waals surface area contributed by atoms with Gasteiger partial charge < -0.3 is 19.3 Å². The Hall–Kier alpha value is -3.69. The van der Waals surface area contributed by atoms with Gasteiger partial charge in [0, 0.05) is 50.6 Å². The van der Waals surface area contributed by atoms with Crippen LogP contribution in [0.15, 0.2) is 57.8 Å². The van der Waals surface area contributed by atoms with E-state index < -0.39 is 6.04 Å². The van der Waals surface area contributed by atoms with Gasteiger partial charge in [0.15, 0.2) is 0 Å². The van der Waals surface area contributed by atoms with Crippen LogP contribution in [-0.2, 0) is 9.59 Å². The summed E-state index contributed by atoms with van der Waals surface area (Å²) in [6.07, 6.45) is 3.16. The van der Waals surface area contributed by atoms with Crippen LogP contribution in [-0.4, -0.2) is 63.6 Å². The second-order valence-corrected chi connectivity index (χ2v) is 11.6. The molecule has 3 heterocycles. The third-order valence-electron chi connectivity index (χ3n) is 8.63. The highest BCUT2D eigenvalue weighted by Gasteiger charge is 2.34. The Morgan fingerprint density at radius 2 is 1.78 bits per heavy atom. The molecule has 2 aromatic heterocycles. The van der Waals surface area contributed by atoms with E-state index >= 15 is 0 Å². The van der Waals surface area contributed by atoms with Gasteiger partial charge in [0.2, 0.25) is 11.8 Å². The van der Waals surface area contributed by atoms with Gasteiger partial charge in [-0.05, 0) is 50.3 Å². The minimum atomic E-state index is -0.455. The van der Waals surface area contributed by atoms with Crippen LogP contribution >= 0.6 is 11.6 Å². The fourth-order valence-corrected chi connectivity index (χ4v) is 6.86. The molecule has 3 atom stereocenters. The first-order chi connectivity index (χ1) is 19.8. The topological polar surface area (TPSA) is 101 Å². The third-order valence-corrected chi connectivity index (χ3v) is 8.94. The molecule has 9 nitrogen and oxygen atoms in total. The fraction of sp³-hybridized carbons (Fsp3) is 0.419. The van der Waals surface area contributed by atoms with Gasteiger partial charge in [-0.15, -0.1) is 0 Å². The van der Waals surface area contributed by atoms with Gasteiger partial charge in [-0.25, -0.2) is 0 Å². The van der Waals surface area contributed by atoms with Crippen molar-refractivity contribution in [2.45, 2.75) is 57.7 Å². The predicted octanol–water partition coefficient (Wildman–Crippen LogP) is 4.61. The molecule has 6 rings (SSSR count). The molecule has 41 heavy (non-hydrogen) atoms. The first-order valence-electron chi connectivity index (χ1n) is 14.3. The summed E-state index contributed by atoms with van der Waals surface area (Å²) in [6.45, 7) is 5.77. The molecule has 214 valence electrons. The Morgan fingerprint density at radius 1 is 1.02 bits per heavy atom. The number of amides is 2. The van der Waals surface area contributed by atoms with Crippen molar-refractivity contribution in [2.75, 3.05) is 26.2 Å². The van der Waals surface area contributed by atoms with Crippen molar-refractivity contribution < 1.29 is 14.1 Å². The highest BCUT2D eigenvalue weighted by Crippen LogP contribution is 2.35. The molecular weight excluding hydrogens is 542 g/mol. The van der Waals surface area contributed by atoms with Crippen LogP contribution in [0.1, 0.15) is 56.0 Å². The summed E-state index contributed by atoms with van der Waals surface area (Å²) in [5, 5.41) is 9.17. The first-order valence-corrected chi connectivity index (χ1v) is 14.6. The summed E-state index contributed by atoms with van der Waals surface area (Å²) < 4.78 is 7.25. The van der Waals surface area contributed by atoms with Crippen molar-refractivity contribution >= 4 is 45.2 Å². The Balaban J connectivity index is 1.28. The van der Waals surface area contributed by atoms with Crippen LogP contribution in [0.25, 0.3) is 21.8 Å². The van der Waals surface area contributed by atoms with E-state index in [0.717, 1.165) is 30.3 Å². The van der Waals surface area contributed by atoms with Crippen LogP contribution in [0, 0.1) is 6.92 Å². The number of nitrogens with zero attached hydrogens (tertiary/aromatic N) is 4. The molecule has 1 aliphatic heterocycles. The monoisotopic (exact) mass is 575 g/mol. The summed E-state index contributed by atoms with van der Waals surface area (Å²) in [5.74, 6) is 0.475. The SMILES string of the molecule is CC(=O)N1CCN(C(C(=O)NC2CCCC(n3c(=O)c4c(C)onc4c4c(Cl)cccc43)C2)c2ccccc2)CC1. The number of carbonyl (C=O) groups is 2. The zero-order valence-electron chi connectivity index (χ0n) is 23.3. The van der Waals surface area contributed by atoms with E-state index in [1.54, 1.807) is 19.9 Å². The smallest absolute Gasteiger partial charge is 0.264 e. The second kappa shape index (κ2) is 11.3. The van der Waals surface area contributed by atoms with Crippen LogP contribution in [0.5, 0.6) is 0 Å². The van der Waals surface area contributed by atoms with Crippen molar-refractivity contribution in [3.8, 4) is 0 Å². The molecule has 1 saturated heterocycles. The number of benzene rings is 2. The first kappa shape index (κ1) is 27.5. The summed E-state index contributed by atoms with van der Waals surface area (Å²) in [4.78, 5) is 43.6. The molecule has 1 aliphatic carbocycles.